The van der Waals surface area contributed by atoms with Gasteiger partial charge in [-0.2, -0.15) is 4.57 Å². The van der Waals surface area contributed by atoms with Crippen molar-refractivity contribution >= 4 is 14.5 Å². The van der Waals surface area contributed by atoms with Gasteiger partial charge >= 0.3 is 14.5 Å². The van der Waals surface area contributed by atoms with Gasteiger partial charge in [0.2, 0.25) is 5.69 Å². The number of hydrogen-bond donors (Lipinski definition) is 0. The van der Waals surface area contributed by atoms with Crippen molar-refractivity contribution in [2.45, 2.75) is 19.8 Å². The Morgan fingerprint density at radius 2 is 1.08 bits per heavy atom. The first-order valence-corrected chi connectivity index (χ1v) is 7.09. The number of rotatable bonds is 2. The SMILES string of the molecule is CC(C)c1ccccc1-[n+]1ccccc1.F[B-](F)(F)F.F[B-](F)(F)F. The maximum atomic E-state index is 9.75. The van der Waals surface area contributed by atoms with Crippen LogP contribution in [-0.2, 0) is 0 Å². The maximum Gasteiger partial charge on any atom is 0.673 e. The first kappa shape index (κ1) is 22.9. The monoisotopic (exact) mass is 372 g/mol. The molecule has 11 heteroatoms. The summed E-state index contributed by atoms with van der Waals surface area (Å²) in [5.74, 6) is 0.550. The predicted octanol–water partition coefficient (Wildman–Crippen LogP) is 5.69. The van der Waals surface area contributed by atoms with E-state index in [0.29, 0.717) is 5.92 Å². The summed E-state index contributed by atoms with van der Waals surface area (Å²) >= 11 is 0. The number of pyridine rings is 1. The molecule has 0 aliphatic rings. The minimum atomic E-state index is -6.00. The van der Waals surface area contributed by atoms with Crippen LogP contribution in [0.15, 0.2) is 54.9 Å². The Morgan fingerprint density at radius 3 is 1.48 bits per heavy atom. The smallest absolute Gasteiger partial charge is 0.418 e. The molecule has 2 rings (SSSR count). The fraction of sp³-hybridized carbons (Fsp3) is 0.214. The second kappa shape index (κ2) is 10.0. The lowest BCUT2D eigenvalue weighted by Crippen LogP contribution is -2.30. The van der Waals surface area contributed by atoms with Crippen LogP contribution in [0.4, 0.5) is 34.5 Å². The first-order chi connectivity index (χ1) is 11.3. The van der Waals surface area contributed by atoms with Crippen LogP contribution in [-0.4, -0.2) is 14.5 Å². The van der Waals surface area contributed by atoms with Crippen molar-refractivity contribution in [2.24, 2.45) is 0 Å². The van der Waals surface area contributed by atoms with Crippen molar-refractivity contribution in [3.8, 4) is 5.69 Å². The largest absolute Gasteiger partial charge is 0.673 e. The molecule has 1 nitrogen and oxygen atoms in total. The van der Waals surface area contributed by atoms with Gasteiger partial charge in [0, 0.05) is 23.8 Å². The summed E-state index contributed by atoms with van der Waals surface area (Å²) in [6.45, 7) is 4.45. The molecule has 0 bridgehead atoms. The van der Waals surface area contributed by atoms with E-state index in [4.69, 9.17) is 0 Å². The molecule has 0 spiro atoms. The highest BCUT2D eigenvalue weighted by Gasteiger charge is 2.21. The van der Waals surface area contributed by atoms with Gasteiger partial charge in [0.1, 0.15) is 0 Å². The topological polar surface area (TPSA) is 3.88 Å². The van der Waals surface area contributed by atoms with Crippen LogP contribution >= 0.6 is 0 Å². The fourth-order valence-corrected chi connectivity index (χ4v) is 1.77. The summed E-state index contributed by atoms with van der Waals surface area (Å²) in [5.41, 5.74) is 2.65. The van der Waals surface area contributed by atoms with Crippen LogP contribution in [0, 0.1) is 0 Å². The van der Waals surface area contributed by atoms with Gasteiger partial charge in [-0.15, -0.1) is 0 Å². The van der Waals surface area contributed by atoms with Crippen molar-refractivity contribution in [3.05, 3.63) is 60.4 Å². The van der Waals surface area contributed by atoms with Gasteiger partial charge in [-0.3, -0.25) is 0 Å². The fourth-order valence-electron chi connectivity index (χ4n) is 1.77. The third kappa shape index (κ3) is 14.0. The molecule has 1 aromatic carbocycles. The Balaban J connectivity index is 0.000000480. The second-order valence-corrected chi connectivity index (χ2v) is 4.99. The maximum absolute atomic E-state index is 9.75. The molecule has 0 aliphatic carbocycles. The minimum absolute atomic E-state index is 0.550. The van der Waals surface area contributed by atoms with Crippen molar-refractivity contribution in [3.63, 3.8) is 0 Å². The van der Waals surface area contributed by atoms with Gasteiger partial charge in [-0.05, 0) is 5.92 Å². The molecular formula is C14H16B2F8N-. The number of nitrogens with zero attached hydrogens (tertiary/aromatic N) is 1. The Kier molecular flexibility index (Phi) is 9.22. The average molecular weight is 372 g/mol. The third-order valence-electron chi connectivity index (χ3n) is 2.55. The van der Waals surface area contributed by atoms with Crippen LogP contribution in [0.25, 0.3) is 5.69 Å². The van der Waals surface area contributed by atoms with Gasteiger partial charge in [0.15, 0.2) is 12.4 Å². The molecule has 0 saturated carbocycles. The van der Waals surface area contributed by atoms with E-state index in [0.717, 1.165) is 0 Å². The number of benzene rings is 1. The zero-order valence-electron chi connectivity index (χ0n) is 13.4. The van der Waals surface area contributed by atoms with Gasteiger partial charge in [0.25, 0.3) is 0 Å². The van der Waals surface area contributed by atoms with Gasteiger partial charge in [-0.1, -0.05) is 38.1 Å². The molecule has 0 N–H and O–H groups in total. The van der Waals surface area contributed by atoms with E-state index in [1.807, 2.05) is 6.07 Å². The molecule has 1 aromatic heterocycles. The standard InChI is InChI=1S/C14H16N.2BF4/c1-12(2)13-8-4-5-9-14(13)15-10-6-3-7-11-15;2*2-1(3,4)5/h3-12H,1-2H3;;/q+1;2*-1. The molecule has 25 heavy (non-hydrogen) atoms. The van der Waals surface area contributed by atoms with Crippen LogP contribution < -0.4 is 4.57 Å². The van der Waals surface area contributed by atoms with Crippen molar-refractivity contribution in [1.82, 2.24) is 0 Å². The zero-order chi connectivity index (χ0) is 19.7. The summed E-state index contributed by atoms with van der Waals surface area (Å²) in [5, 5.41) is 0. The van der Waals surface area contributed by atoms with Gasteiger partial charge in [0.05, 0.1) is 0 Å². The van der Waals surface area contributed by atoms with Crippen LogP contribution in [0.3, 0.4) is 0 Å². The Bertz CT molecular complexity index is 590. The molecule has 140 valence electrons. The van der Waals surface area contributed by atoms with E-state index in [1.54, 1.807) is 0 Å². The summed E-state index contributed by atoms with van der Waals surface area (Å²) in [7, 11) is -12.0. The summed E-state index contributed by atoms with van der Waals surface area (Å²) in [4.78, 5) is 0. The normalized spacial score (nSPS) is 11.2. The van der Waals surface area contributed by atoms with Crippen molar-refractivity contribution in [2.75, 3.05) is 0 Å². The van der Waals surface area contributed by atoms with E-state index in [9.17, 15) is 34.5 Å². The lowest BCUT2D eigenvalue weighted by molar-refractivity contribution is -0.596. The number of aromatic nitrogens is 1. The van der Waals surface area contributed by atoms with Crippen molar-refractivity contribution < 1.29 is 39.1 Å². The van der Waals surface area contributed by atoms with Crippen LogP contribution in [0.1, 0.15) is 25.3 Å². The van der Waals surface area contributed by atoms with Crippen LogP contribution in [0.2, 0.25) is 0 Å². The summed E-state index contributed by atoms with van der Waals surface area (Å²) < 4.78 is 80.2. The minimum Gasteiger partial charge on any atom is -0.418 e. The summed E-state index contributed by atoms with van der Waals surface area (Å²) in [6.07, 6.45) is 4.17. The average Bonchev–Trinajstić information content (AvgIpc) is 2.44. The highest BCUT2D eigenvalue weighted by Crippen LogP contribution is 2.18. The molecule has 2 aromatic rings. The van der Waals surface area contributed by atoms with E-state index in [1.165, 1.54) is 11.3 Å². The Morgan fingerprint density at radius 1 is 0.680 bits per heavy atom. The third-order valence-corrected chi connectivity index (χ3v) is 2.55. The predicted molar refractivity (Wildman–Crippen MR) is 82.4 cm³/mol. The van der Waals surface area contributed by atoms with Crippen molar-refractivity contribution in [1.29, 1.82) is 0 Å². The highest BCUT2D eigenvalue weighted by atomic mass is 19.5. The van der Waals surface area contributed by atoms with Gasteiger partial charge in [-0.25, -0.2) is 0 Å². The van der Waals surface area contributed by atoms with E-state index in [2.05, 4.69) is 67.2 Å². The first-order valence-electron chi connectivity index (χ1n) is 7.09. The number of para-hydroxylation sites is 1. The Labute approximate surface area is 140 Å². The van der Waals surface area contributed by atoms with E-state index in [-0.39, 0.29) is 0 Å². The summed E-state index contributed by atoms with van der Waals surface area (Å²) in [6, 6.07) is 14.7. The Hall–Kier alpha value is -2.06. The van der Waals surface area contributed by atoms with E-state index < -0.39 is 14.5 Å². The number of hydrogen-bond acceptors (Lipinski definition) is 0. The highest BCUT2D eigenvalue weighted by molar-refractivity contribution is 6.50. The second-order valence-electron chi connectivity index (χ2n) is 4.99. The molecular weight excluding hydrogens is 356 g/mol. The molecule has 1 heterocycles. The lowest BCUT2D eigenvalue weighted by atomic mass is 10.0. The quantitative estimate of drug-likeness (QED) is 0.363. The number of halogens is 8. The van der Waals surface area contributed by atoms with E-state index >= 15 is 0 Å². The molecule has 0 amide bonds. The molecule has 0 aliphatic heterocycles. The van der Waals surface area contributed by atoms with Gasteiger partial charge < -0.3 is 34.5 Å². The molecule has 0 radical (unpaired) electrons. The lowest BCUT2D eigenvalue weighted by Gasteiger charge is -2.07. The van der Waals surface area contributed by atoms with Crippen LogP contribution in [0.5, 0.6) is 0 Å². The zero-order valence-corrected chi connectivity index (χ0v) is 13.4. The molecule has 0 saturated heterocycles. The molecule has 0 unspecified atom stereocenters. The molecule has 0 fully saturated rings. The molecule has 0 atom stereocenters.